The molecule has 0 aromatic heterocycles. The summed E-state index contributed by atoms with van der Waals surface area (Å²) < 4.78 is 0. The summed E-state index contributed by atoms with van der Waals surface area (Å²) in [4.78, 5) is 38.4. The van der Waals surface area contributed by atoms with E-state index in [1.807, 2.05) is 0 Å². The summed E-state index contributed by atoms with van der Waals surface area (Å²) in [6.07, 6.45) is 5.01. The molecule has 3 amide bonds. The summed E-state index contributed by atoms with van der Waals surface area (Å²) in [5.41, 5.74) is 0. The lowest BCUT2D eigenvalue weighted by molar-refractivity contribution is -0.139. The Morgan fingerprint density at radius 2 is 1.70 bits per heavy atom. The van der Waals surface area contributed by atoms with Crippen molar-refractivity contribution in [3.63, 3.8) is 0 Å². The van der Waals surface area contributed by atoms with Crippen LogP contribution in [-0.2, 0) is 14.4 Å². The second kappa shape index (κ2) is 10.5. The molecule has 6 heteroatoms. The molecule has 154 valence electrons. The zero-order valence-electron chi connectivity index (χ0n) is 17.3. The van der Waals surface area contributed by atoms with Crippen LogP contribution in [0.25, 0.3) is 0 Å². The van der Waals surface area contributed by atoms with Crippen molar-refractivity contribution < 1.29 is 14.4 Å². The van der Waals surface area contributed by atoms with Crippen LogP contribution in [0, 0.1) is 23.7 Å². The van der Waals surface area contributed by atoms with E-state index in [-0.39, 0.29) is 23.0 Å². The van der Waals surface area contributed by atoms with E-state index >= 15 is 0 Å². The Morgan fingerprint density at radius 1 is 1.07 bits per heavy atom. The molecule has 0 aromatic carbocycles. The van der Waals surface area contributed by atoms with E-state index in [1.54, 1.807) is 11.8 Å². The standard InChI is InChI=1S/C21H36N2O3S/c1-14(2)11-22-19(24)9-16-5-7-17(8-6-16)12-23-20(25)10-18(21(23)26)27-13-15(3)4/h14-18H,5-13H2,1-4H3,(H,22,24). The molecule has 0 bridgehead atoms. The molecule has 1 unspecified atom stereocenters. The van der Waals surface area contributed by atoms with E-state index in [0.717, 1.165) is 38.0 Å². The van der Waals surface area contributed by atoms with Gasteiger partial charge in [0.2, 0.25) is 17.7 Å². The Hall–Kier alpha value is -1.04. The minimum absolute atomic E-state index is 0.00329. The number of nitrogens with one attached hydrogen (secondary N) is 1. The predicted molar refractivity (Wildman–Crippen MR) is 110 cm³/mol. The smallest absolute Gasteiger partial charge is 0.242 e. The molecule has 27 heavy (non-hydrogen) atoms. The van der Waals surface area contributed by atoms with Crippen LogP contribution in [0.1, 0.15) is 66.2 Å². The van der Waals surface area contributed by atoms with Crippen molar-refractivity contribution in [2.24, 2.45) is 23.7 Å². The Labute approximate surface area is 168 Å². The fourth-order valence-corrected chi connectivity index (χ4v) is 4.96. The van der Waals surface area contributed by atoms with Crippen molar-refractivity contribution in [2.45, 2.75) is 71.5 Å². The Kier molecular flexibility index (Phi) is 8.64. The van der Waals surface area contributed by atoms with Crippen LogP contribution in [0.15, 0.2) is 0 Å². The van der Waals surface area contributed by atoms with Gasteiger partial charge < -0.3 is 5.32 Å². The first-order valence-electron chi connectivity index (χ1n) is 10.5. The number of rotatable bonds is 9. The minimum Gasteiger partial charge on any atom is -0.356 e. The van der Waals surface area contributed by atoms with Crippen LogP contribution in [0.3, 0.4) is 0 Å². The fraction of sp³-hybridized carbons (Fsp3) is 0.857. The molecule has 1 saturated heterocycles. The second-order valence-corrected chi connectivity index (χ2v) is 10.3. The Bertz CT molecular complexity index is 528. The summed E-state index contributed by atoms with van der Waals surface area (Å²) in [5, 5.41) is 2.82. The summed E-state index contributed by atoms with van der Waals surface area (Å²) in [7, 11) is 0. The lowest BCUT2D eigenvalue weighted by Crippen LogP contribution is -2.37. The lowest BCUT2D eigenvalue weighted by Gasteiger charge is -2.30. The molecule has 1 aliphatic carbocycles. The van der Waals surface area contributed by atoms with Gasteiger partial charge >= 0.3 is 0 Å². The van der Waals surface area contributed by atoms with Gasteiger partial charge in [-0.25, -0.2) is 0 Å². The highest BCUT2D eigenvalue weighted by atomic mass is 32.2. The molecule has 0 aromatic rings. The lowest BCUT2D eigenvalue weighted by atomic mass is 9.80. The number of carbonyl (C=O) groups excluding carboxylic acids is 3. The van der Waals surface area contributed by atoms with E-state index in [0.29, 0.717) is 43.1 Å². The molecule has 0 spiro atoms. The van der Waals surface area contributed by atoms with Crippen LogP contribution in [0.4, 0.5) is 0 Å². The maximum atomic E-state index is 12.6. The molecule has 1 atom stereocenters. The van der Waals surface area contributed by atoms with Gasteiger partial charge in [0.25, 0.3) is 0 Å². The largest absolute Gasteiger partial charge is 0.356 e. The Balaban J connectivity index is 1.73. The number of hydrogen-bond donors (Lipinski definition) is 1. The van der Waals surface area contributed by atoms with E-state index < -0.39 is 0 Å². The highest BCUT2D eigenvalue weighted by Gasteiger charge is 2.40. The van der Waals surface area contributed by atoms with Crippen molar-refractivity contribution in [1.82, 2.24) is 10.2 Å². The highest BCUT2D eigenvalue weighted by Crippen LogP contribution is 2.33. The molecular weight excluding hydrogens is 360 g/mol. The predicted octanol–water partition coefficient (Wildman–Crippen LogP) is 3.47. The zero-order valence-corrected chi connectivity index (χ0v) is 18.1. The quantitative estimate of drug-likeness (QED) is 0.606. The molecule has 0 radical (unpaired) electrons. The first kappa shape index (κ1) is 22.3. The number of thioether (sulfide) groups is 1. The van der Waals surface area contributed by atoms with E-state index in [2.05, 4.69) is 33.0 Å². The second-order valence-electron chi connectivity index (χ2n) is 9.05. The van der Waals surface area contributed by atoms with Crippen molar-refractivity contribution in [3.8, 4) is 0 Å². The van der Waals surface area contributed by atoms with Gasteiger partial charge in [-0.1, -0.05) is 27.7 Å². The average molecular weight is 397 g/mol. The zero-order chi connectivity index (χ0) is 20.0. The summed E-state index contributed by atoms with van der Waals surface area (Å²) in [5.74, 6) is 2.91. The van der Waals surface area contributed by atoms with Crippen molar-refractivity contribution >= 4 is 29.5 Å². The monoisotopic (exact) mass is 396 g/mol. The molecule has 5 nitrogen and oxygen atoms in total. The highest BCUT2D eigenvalue weighted by molar-refractivity contribution is 8.00. The van der Waals surface area contributed by atoms with E-state index in [9.17, 15) is 14.4 Å². The van der Waals surface area contributed by atoms with Gasteiger partial charge in [-0.2, -0.15) is 0 Å². The normalized spacial score (nSPS) is 26.3. The maximum absolute atomic E-state index is 12.6. The van der Waals surface area contributed by atoms with Crippen LogP contribution in [0.5, 0.6) is 0 Å². The van der Waals surface area contributed by atoms with Crippen LogP contribution >= 0.6 is 11.8 Å². The third-order valence-corrected chi connectivity index (χ3v) is 7.05. The third kappa shape index (κ3) is 7.13. The first-order chi connectivity index (χ1) is 12.8. The summed E-state index contributed by atoms with van der Waals surface area (Å²) in [6, 6.07) is 0. The number of imide groups is 1. The SMILES string of the molecule is CC(C)CNC(=O)CC1CCC(CN2C(=O)CC(SCC(C)C)C2=O)CC1. The average Bonchev–Trinajstić information content (AvgIpc) is 2.87. The third-order valence-electron chi connectivity index (χ3n) is 5.42. The van der Waals surface area contributed by atoms with Crippen LogP contribution in [-0.4, -0.2) is 46.7 Å². The molecule has 1 heterocycles. The molecule has 2 aliphatic rings. The van der Waals surface area contributed by atoms with Gasteiger partial charge in [0.1, 0.15) is 0 Å². The van der Waals surface area contributed by atoms with Crippen molar-refractivity contribution in [1.29, 1.82) is 0 Å². The van der Waals surface area contributed by atoms with Gasteiger partial charge in [-0.15, -0.1) is 11.8 Å². The first-order valence-corrected chi connectivity index (χ1v) is 11.5. The van der Waals surface area contributed by atoms with E-state index in [4.69, 9.17) is 0 Å². The van der Waals surface area contributed by atoms with Gasteiger partial charge in [0, 0.05) is 25.9 Å². The van der Waals surface area contributed by atoms with Crippen molar-refractivity contribution in [3.05, 3.63) is 0 Å². The van der Waals surface area contributed by atoms with Crippen molar-refractivity contribution in [2.75, 3.05) is 18.8 Å². The topological polar surface area (TPSA) is 66.5 Å². The molecule has 2 fully saturated rings. The van der Waals surface area contributed by atoms with Crippen LogP contribution < -0.4 is 5.32 Å². The minimum atomic E-state index is -0.180. The number of amides is 3. The van der Waals surface area contributed by atoms with Gasteiger partial charge in [-0.3, -0.25) is 19.3 Å². The van der Waals surface area contributed by atoms with Gasteiger partial charge in [0.05, 0.1) is 5.25 Å². The summed E-state index contributed by atoms with van der Waals surface area (Å²) in [6.45, 7) is 9.77. The molecule has 2 rings (SSSR count). The maximum Gasteiger partial charge on any atom is 0.242 e. The van der Waals surface area contributed by atoms with E-state index in [1.165, 1.54) is 4.90 Å². The molecule has 1 saturated carbocycles. The van der Waals surface area contributed by atoms with Gasteiger partial charge in [0.15, 0.2) is 0 Å². The Morgan fingerprint density at radius 3 is 2.30 bits per heavy atom. The fourth-order valence-electron chi connectivity index (χ4n) is 3.81. The van der Waals surface area contributed by atoms with Crippen LogP contribution in [0.2, 0.25) is 0 Å². The van der Waals surface area contributed by atoms with Gasteiger partial charge in [-0.05, 0) is 55.1 Å². The number of nitrogens with zero attached hydrogens (tertiary/aromatic N) is 1. The number of hydrogen-bond acceptors (Lipinski definition) is 4. The molecule has 1 N–H and O–H groups in total. The molecular formula is C21H36N2O3S. The summed E-state index contributed by atoms with van der Waals surface area (Å²) >= 11 is 1.63. The molecule has 1 aliphatic heterocycles. The number of carbonyl (C=O) groups is 3. The number of likely N-dealkylation sites (tertiary alicyclic amines) is 1.